The van der Waals surface area contributed by atoms with E-state index in [1.54, 1.807) is 0 Å². The number of fused-ring (bicyclic) bond motifs is 1. The molecule has 0 radical (unpaired) electrons. The SMILES string of the molecule is CC(C)N1CCN(C2CN(c3cc4c(nn3)CCN(C)C4)C2)CC1. The Balaban J connectivity index is 1.32. The predicted octanol–water partition coefficient (Wildman–Crippen LogP) is 0.679. The summed E-state index contributed by atoms with van der Waals surface area (Å²) in [5, 5.41) is 8.97. The van der Waals surface area contributed by atoms with Gasteiger partial charge in [0, 0.05) is 70.9 Å². The Morgan fingerprint density at radius 3 is 2.50 bits per heavy atom. The van der Waals surface area contributed by atoms with Crippen LogP contribution in [0.4, 0.5) is 5.82 Å². The van der Waals surface area contributed by atoms with Crippen LogP contribution in [0.1, 0.15) is 25.1 Å². The highest BCUT2D eigenvalue weighted by atomic mass is 15.4. The predicted molar refractivity (Wildman–Crippen MR) is 96.4 cm³/mol. The number of rotatable bonds is 3. The molecule has 0 amide bonds. The quantitative estimate of drug-likeness (QED) is 0.812. The zero-order valence-electron chi connectivity index (χ0n) is 15.3. The van der Waals surface area contributed by atoms with E-state index in [4.69, 9.17) is 0 Å². The molecule has 4 rings (SSSR count). The van der Waals surface area contributed by atoms with Gasteiger partial charge in [-0.2, -0.15) is 5.10 Å². The van der Waals surface area contributed by atoms with Crippen molar-refractivity contribution in [3.8, 4) is 0 Å². The van der Waals surface area contributed by atoms with Gasteiger partial charge >= 0.3 is 0 Å². The van der Waals surface area contributed by atoms with Crippen molar-refractivity contribution in [1.29, 1.82) is 0 Å². The molecule has 1 aromatic rings. The molecule has 4 heterocycles. The number of anilines is 1. The summed E-state index contributed by atoms with van der Waals surface area (Å²) in [6.07, 6.45) is 1.03. The van der Waals surface area contributed by atoms with Crippen molar-refractivity contribution >= 4 is 5.82 Å². The molecular formula is C18H30N6. The van der Waals surface area contributed by atoms with Gasteiger partial charge < -0.3 is 9.80 Å². The summed E-state index contributed by atoms with van der Waals surface area (Å²) in [6, 6.07) is 3.64. The summed E-state index contributed by atoms with van der Waals surface area (Å²) >= 11 is 0. The van der Waals surface area contributed by atoms with E-state index in [9.17, 15) is 0 Å². The zero-order valence-corrected chi connectivity index (χ0v) is 15.3. The van der Waals surface area contributed by atoms with Crippen LogP contribution in [0, 0.1) is 0 Å². The standard InChI is InChI=1S/C18H30N6/c1-14(2)22-6-8-23(9-7-22)16-12-24(13-16)18-10-15-11-21(3)5-4-17(15)19-20-18/h10,14,16H,4-9,11-13H2,1-3H3. The molecule has 0 bridgehead atoms. The second kappa shape index (κ2) is 6.58. The van der Waals surface area contributed by atoms with Gasteiger partial charge in [0.2, 0.25) is 0 Å². The van der Waals surface area contributed by atoms with E-state index in [2.05, 4.69) is 56.8 Å². The van der Waals surface area contributed by atoms with E-state index < -0.39 is 0 Å². The molecule has 3 aliphatic heterocycles. The Kier molecular flexibility index (Phi) is 4.45. The van der Waals surface area contributed by atoms with Crippen molar-refractivity contribution in [3.05, 3.63) is 17.3 Å². The maximum atomic E-state index is 4.48. The highest BCUT2D eigenvalue weighted by Crippen LogP contribution is 2.25. The average Bonchev–Trinajstić information content (AvgIpc) is 2.53. The van der Waals surface area contributed by atoms with Crippen LogP contribution in [0.5, 0.6) is 0 Å². The van der Waals surface area contributed by atoms with Gasteiger partial charge in [-0.3, -0.25) is 9.80 Å². The first-order valence-corrected chi connectivity index (χ1v) is 9.37. The van der Waals surface area contributed by atoms with Gasteiger partial charge in [0.15, 0.2) is 5.82 Å². The minimum absolute atomic E-state index is 0.675. The third-order valence-corrected chi connectivity index (χ3v) is 5.90. The second-order valence-electron chi connectivity index (χ2n) is 7.89. The van der Waals surface area contributed by atoms with Gasteiger partial charge in [-0.05, 0) is 32.5 Å². The Hall–Kier alpha value is -1.24. The lowest BCUT2D eigenvalue weighted by Gasteiger charge is -2.49. The van der Waals surface area contributed by atoms with E-state index in [-0.39, 0.29) is 0 Å². The molecule has 0 aromatic carbocycles. The van der Waals surface area contributed by atoms with Crippen molar-refractivity contribution in [1.82, 2.24) is 24.9 Å². The first-order chi connectivity index (χ1) is 11.6. The molecule has 0 N–H and O–H groups in total. The van der Waals surface area contributed by atoms with E-state index in [0.29, 0.717) is 12.1 Å². The zero-order chi connectivity index (χ0) is 16.7. The van der Waals surface area contributed by atoms with Crippen molar-refractivity contribution < 1.29 is 0 Å². The Bertz CT molecular complexity index is 575. The molecule has 24 heavy (non-hydrogen) atoms. The van der Waals surface area contributed by atoms with Crippen LogP contribution in [0.25, 0.3) is 0 Å². The van der Waals surface area contributed by atoms with Crippen LogP contribution >= 0.6 is 0 Å². The van der Waals surface area contributed by atoms with Gasteiger partial charge in [-0.15, -0.1) is 5.10 Å². The van der Waals surface area contributed by atoms with E-state index in [1.165, 1.54) is 37.4 Å². The Labute approximate surface area is 145 Å². The Morgan fingerprint density at radius 1 is 1.04 bits per heavy atom. The minimum atomic E-state index is 0.675. The minimum Gasteiger partial charge on any atom is -0.352 e. The fourth-order valence-corrected chi connectivity index (χ4v) is 4.10. The van der Waals surface area contributed by atoms with Crippen LogP contribution < -0.4 is 4.90 Å². The lowest BCUT2D eigenvalue weighted by atomic mass is 10.0. The molecule has 1 aromatic heterocycles. The second-order valence-corrected chi connectivity index (χ2v) is 7.89. The molecule has 2 saturated heterocycles. The number of aromatic nitrogens is 2. The first kappa shape index (κ1) is 16.2. The molecule has 0 saturated carbocycles. The summed E-state index contributed by atoms with van der Waals surface area (Å²) in [5.41, 5.74) is 2.56. The number of hydrogen-bond acceptors (Lipinski definition) is 6. The molecule has 3 aliphatic rings. The molecule has 0 aliphatic carbocycles. The van der Waals surface area contributed by atoms with Crippen LogP contribution in [0.2, 0.25) is 0 Å². The largest absolute Gasteiger partial charge is 0.352 e. The highest BCUT2D eigenvalue weighted by molar-refractivity contribution is 5.45. The molecule has 6 heteroatoms. The summed E-state index contributed by atoms with van der Waals surface area (Å²) in [4.78, 5) is 10.00. The lowest BCUT2D eigenvalue weighted by molar-refractivity contribution is 0.0676. The van der Waals surface area contributed by atoms with E-state index in [0.717, 1.165) is 38.4 Å². The number of likely N-dealkylation sites (N-methyl/N-ethyl adjacent to an activating group) is 1. The first-order valence-electron chi connectivity index (χ1n) is 9.37. The van der Waals surface area contributed by atoms with Crippen molar-refractivity contribution in [2.75, 3.05) is 57.8 Å². The number of nitrogens with zero attached hydrogens (tertiary/aromatic N) is 6. The summed E-state index contributed by atoms with van der Waals surface area (Å²) in [5.74, 6) is 1.07. The fourth-order valence-electron chi connectivity index (χ4n) is 4.10. The van der Waals surface area contributed by atoms with Gasteiger partial charge in [0.25, 0.3) is 0 Å². The summed E-state index contributed by atoms with van der Waals surface area (Å²) in [6.45, 7) is 13.7. The monoisotopic (exact) mass is 330 g/mol. The van der Waals surface area contributed by atoms with Gasteiger partial charge in [-0.1, -0.05) is 0 Å². The smallest absolute Gasteiger partial charge is 0.151 e. The van der Waals surface area contributed by atoms with Crippen molar-refractivity contribution in [3.63, 3.8) is 0 Å². The van der Waals surface area contributed by atoms with Crippen LogP contribution in [-0.4, -0.2) is 89.8 Å². The molecule has 0 atom stereocenters. The molecule has 0 unspecified atom stereocenters. The normalized spacial score (nSPS) is 24.2. The van der Waals surface area contributed by atoms with E-state index >= 15 is 0 Å². The Morgan fingerprint density at radius 2 is 1.79 bits per heavy atom. The van der Waals surface area contributed by atoms with E-state index in [1.807, 2.05) is 0 Å². The van der Waals surface area contributed by atoms with Crippen LogP contribution in [0.15, 0.2) is 6.07 Å². The van der Waals surface area contributed by atoms with Crippen molar-refractivity contribution in [2.24, 2.45) is 0 Å². The summed E-state index contributed by atoms with van der Waals surface area (Å²) < 4.78 is 0. The van der Waals surface area contributed by atoms with Gasteiger partial charge in [0.05, 0.1) is 5.69 Å². The molecule has 6 nitrogen and oxygen atoms in total. The lowest BCUT2D eigenvalue weighted by Crippen LogP contribution is -2.63. The average molecular weight is 330 g/mol. The fraction of sp³-hybridized carbons (Fsp3) is 0.778. The third-order valence-electron chi connectivity index (χ3n) is 5.90. The molecular weight excluding hydrogens is 300 g/mol. The third kappa shape index (κ3) is 3.15. The topological polar surface area (TPSA) is 38.7 Å². The maximum Gasteiger partial charge on any atom is 0.151 e. The summed E-state index contributed by atoms with van der Waals surface area (Å²) in [7, 11) is 2.18. The molecule has 132 valence electrons. The highest BCUT2D eigenvalue weighted by Gasteiger charge is 2.35. The van der Waals surface area contributed by atoms with Gasteiger partial charge in [-0.25, -0.2) is 0 Å². The molecule has 0 spiro atoms. The number of piperazine rings is 1. The number of hydrogen-bond donors (Lipinski definition) is 0. The molecule has 2 fully saturated rings. The van der Waals surface area contributed by atoms with Crippen molar-refractivity contribution in [2.45, 2.75) is 38.9 Å². The van der Waals surface area contributed by atoms with Crippen LogP contribution in [-0.2, 0) is 13.0 Å². The van der Waals surface area contributed by atoms with Crippen LogP contribution in [0.3, 0.4) is 0 Å². The van der Waals surface area contributed by atoms with Gasteiger partial charge in [0.1, 0.15) is 0 Å². The maximum absolute atomic E-state index is 4.48.